The number of pyridine rings is 1. The van der Waals surface area contributed by atoms with Crippen molar-refractivity contribution in [1.29, 1.82) is 0 Å². The van der Waals surface area contributed by atoms with Gasteiger partial charge in [-0.15, -0.1) is 0 Å². The lowest BCUT2D eigenvalue weighted by atomic mass is 10.2. The van der Waals surface area contributed by atoms with E-state index >= 15 is 0 Å². The van der Waals surface area contributed by atoms with E-state index in [-0.39, 0.29) is 25.0 Å². The highest BCUT2D eigenvalue weighted by molar-refractivity contribution is 5.93. The van der Waals surface area contributed by atoms with Crippen molar-refractivity contribution in [1.82, 2.24) is 10.3 Å². The van der Waals surface area contributed by atoms with Crippen LogP contribution in [0.25, 0.3) is 0 Å². The van der Waals surface area contributed by atoms with Crippen LogP contribution < -0.4 is 10.6 Å². The minimum absolute atomic E-state index is 0.0123. The molecular formula is C13H15N3O3. The summed E-state index contributed by atoms with van der Waals surface area (Å²) in [6.45, 7) is 1.25. The average Bonchev–Trinajstić information content (AvgIpc) is 2.37. The molecule has 0 aromatic carbocycles. The predicted molar refractivity (Wildman–Crippen MR) is 70.1 cm³/mol. The van der Waals surface area contributed by atoms with Gasteiger partial charge in [0.25, 0.3) is 0 Å². The number of carbonyl (C=O) groups is 2. The molecule has 6 nitrogen and oxygen atoms in total. The third-order valence-electron chi connectivity index (χ3n) is 1.99. The molecule has 6 heteroatoms. The van der Waals surface area contributed by atoms with Crippen LogP contribution in [0.15, 0.2) is 18.3 Å². The molecule has 0 saturated heterocycles. The second kappa shape index (κ2) is 7.84. The number of carbonyl (C=O) groups excluding carboxylic acids is 2. The molecule has 1 aromatic heterocycles. The van der Waals surface area contributed by atoms with Crippen molar-refractivity contribution in [3.63, 3.8) is 0 Å². The number of nitrogens with zero attached hydrogens (tertiary/aromatic N) is 1. The van der Waals surface area contributed by atoms with Crippen LogP contribution in [0.4, 0.5) is 5.82 Å². The lowest BCUT2D eigenvalue weighted by molar-refractivity contribution is -0.122. The van der Waals surface area contributed by atoms with Gasteiger partial charge >= 0.3 is 0 Å². The molecule has 0 atom stereocenters. The van der Waals surface area contributed by atoms with E-state index in [1.54, 1.807) is 12.1 Å². The van der Waals surface area contributed by atoms with Crippen molar-refractivity contribution in [2.45, 2.75) is 13.3 Å². The molecule has 0 fully saturated rings. The topological polar surface area (TPSA) is 91.3 Å². The van der Waals surface area contributed by atoms with Crippen LogP contribution in [0.5, 0.6) is 0 Å². The van der Waals surface area contributed by atoms with Gasteiger partial charge in [0.05, 0.1) is 13.2 Å². The molecule has 19 heavy (non-hydrogen) atoms. The number of anilines is 1. The Balaban J connectivity index is 2.59. The Kier molecular flexibility index (Phi) is 6.06. The molecule has 1 aromatic rings. The van der Waals surface area contributed by atoms with Crippen molar-refractivity contribution in [3.8, 4) is 11.8 Å². The maximum Gasteiger partial charge on any atom is 0.244 e. The first kappa shape index (κ1) is 14.7. The maximum atomic E-state index is 11.5. The number of amides is 2. The molecule has 0 aliphatic carbocycles. The van der Waals surface area contributed by atoms with Crippen LogP contribution in [-0.4, -0.2) is 35.1 Å². The number of aromatic nitrogens is 1. The van der Waals surface area contributed by atoms with Crippen molar-refractivity contribution in [2.24, 2.45) is 0 Å². The molecule has 0 unspecified atom stereocenters. The van der Waals surface area contributed by atoms with Crippen molar-refractivity contribution in [3.05, 3.63) is 23.9 Å². The van der Waals surface area contributed by atoms with E-state index in [9.17, 15) is 9.59 Å². The highest BCUT2D eigenvalue weighted by atomic mass is 16.2. The van der Waals surface area contributed by atoms with E-state index in [1.807, 2.05) is 0 Å². The summed E-state index contributed by atoms with van der Waals surface area (Å²) in [6, 6.07) is 3.32. The first-order valence-corrected chi connectivity index (χ1v) is 5.72. The summed E-state index contributed by atoms with van der Waals surface area (Å²) in [7, 11) is 0. The van der Waals surface area contributed by atoms with Crippen LogP contribution >= 0.6 is 0 Å². The first-order chi connectivity index (χ1) is 9.11. The molecule has 0 aliphatic heterocycles. The zero-order valence-electron chi connectivity index (χ0n) is 10.6. The van der Waals surface area contributed by atoms with Gasteiger partial charge in [-0.1, -0.05) is 11.8 Å². The summed E-state index contributed by atoms with van der Waals surface area (Å²) >= 11 is 0. The van der Waals surface area contributed by atoms with Crippen molar-refractivity contribution in [2.75, 3.05) is 18.5 Å². The van der Waals surface area contributed by atoms with Gasteiger partial charge in [-0.05, 0) is 12.1 Å². The second-order valence-corrected chi connectivity index (χ2v) is 3.66. The molecule has 1 heterocycles. The number of rotatable bonds is 4. The summed E-state index contributed by atoms with van der Waals surface area (Å²) in [6.07, 6.45) is 1.92. The predicted octanol–water partition coefficient (Wildman–Crippen LogP) is -0.110. The van der Waals surface area contributed by atoms with E-state index in [2.05, 4.69) is 27.5 Å². The second-order valence-electron chi connectivity index (χ2n) is 3.66. The fraction of sp³-hybridized carbons (Fsp3) is 0.308. The summed E-state index contributed by atoms with van der Waals surface area (Å²) in [4.78, 5) is 26.1. The van der Waals surface area contributed by atoms with E-state index in [0.717, 1.165) is 0 Å². The maximum absolute atomic E-state index is 11.5. The normalized spacial score (nSPS) is 9.16. The lowest BCUT2D eigenvalue weighted by Crippen LogP contribution is -2.31. The van der Waals surface area contributed by atoms with Crippen LogP contribution in [0.1, 0.15) is 18.9 Å². The van der Waals surface area contributed by atoms with E-state index in [1.165, 1.54) is 13.1 Å². The smallest absolute Gasteiger partial charge is 0.244 e. The summed E-state index contributed by atoms with van der Waals surface area (Å²) in [5.41, 5.74) is 0.693. The highest BCUT2D eigenvalue weighted by Gasteiger charge is 2.03. The highest BCUT2D eigenvalue weighted by Crippen LogP contribution is 2.05. The zero-order chi connectivity index (χ0) is 14.1. The Bertz CT molecular complexity index is 517. The minimum atomic E-state index is -0.358. The largest absolute Gasteiger partial charge is 0.395 e. The Morgan fingerprint density at radius 3 is 2.95 bits per heavy atom. The number of aliphatic hydroxyl groups excluding tert-OH is 1. The van der Waals surface area contributed by atoms with E-state index < -0.39 is 0 Å². The molecule has 0 aliphatic rings. The monoisotopic (exact) mass is 261 g/mol. The number of hydrogen-bond acceptors (Lipinski definition) is 4. The first-order valence-electron chi connectivity index (χ1n) is 5.72. The Labute approximate surface area is 111 Å². The van der Waals surface area contributed by atoms with Gasteiger partial charge in [0.1, 0.15) is 5.82 Å². The SMILES string of the molecule is CC(=O)NCC(=O)Nc1cc(C#CCCO)ccn1. The Morgan fingerprint density at radius 1 is 1.47 bits per heavy atom. The van der Waals surface area contributed by atoms with Gasteiger partial charge in [-0.2, -0.15) is 0 Å². The third kappa shape index (κ3) is 6.19. The van der Waals surface area contributed by atoms with Crippen LogP contribution in [-0.2, 0) is 9.59 Å². The van der Waals surface area contributed by atoms with Crippen molar-refractivity contribution >= 4 is 17.6 Å². The summed E-state index contributed by atoms with van der Waals surface area (Å²) in [5.74, 6) is 5.35. The molecule has 2 amide bonds. The van der Waals surface area contributed by atoms with Gasteiger partial charge in [0.2, 0.25) is 11.8 Å². The molecule has 0 radical (unpaired) electrons. The summed E-state index contributed by atoms with van der Waals surface area (Å²) in [5, 5.41) is 13.5. The standard InChI is InChI=1S/C13H15N3O3/c1-10(18)15-9-13(19)16-12-8-11(5-6-14-12)4-2-3-7-17/h5-6,8,17H,3,7,9H2,1H3,(H,15,18)(H,14,16,19). The Morgan fingerprint density at radius 2 is 2.26 bits per heavy atom. The number of nitrogens with one attached hydrogen (secondary N) is 2. The van der Waals surface area contributed by atoms with Gasteiger partial charge in [0, 0.05) is 25.1 Å². The van der Waals surface area contributed by atoms with Gasteiger partial charge in [-0.3, -0.25) is 9.59 Å². The fourth-order valence-electron chi connectivity index (χ4n) is 1.19. The molecule has 0 saturated carbocycles. The quantitative estimate of drug-likeness (QED) is 0.659. The van der Waals surface area contributed by atoms with Crippen molar-refractivity contribution < 1.29 is 14.7 Å². The average molecular weight is 261 g/mol. The molecular weight excluding hydrogens is 246 g/mol. The number of aliphatic hydroxyl groups is 1. The van der Waals surface area contributed by atoms with Gasteiger partial charge < -0.3 is 15.7 Å². The van der Waals surface area contributed by atoms with Crippen LogP contribution in [0, 0.1) is 11.8 Å². The summed E-state index contributed by atoms with van der Waals surface area (Å²) < 4.78 is 0. The lowest BCUT2D eigenvalue weighted by Gasteiger charge is -2.04. The van der Waals surface area contributed by atoms with E-state index in [4.69, 9.17) is 5.11 Å². The molecule has 3 N–H and O–H groups in total. The number of hydrogen-bond donors (Lipinski definition) is 3. The third-order valence-corrected chi connectivity index (χ3v) is 1.99. The molecule has 0 bridgehead atoms. The molecule has 0 spiro atoms. The van der Waals surface area contributed by atoms with E-state index in [0.29, 0.717) is 17.8 Å². The van der Waals surface area contributed by atoms with Gasteiger partial charge in [-0.25, -0.2) is 4.98 Å². The van der Waals surface area contributed by atoms with Crippen LogP contribution in [0.3, 0.4) is 0 Å². The fourth-order valence-corrected chi connectivity index (χ4v) is 1.19. The minimum Gasteiger partial charge on any atom is -0.395 e. The van der Waals surface area contributed by atoms with Crippen LogP contribution in [0.2, 0.25) is 0 Å². The zero-order valence-corrected chi connectivity index (χ0v) is 10.6. The Hall–Kier alpha value is -2.39. The molecule has 100 valence electrons. The molecule has 1 rings (SSSR count). The van der Waals surface area contributed by atoms with Gasteiger partial charge in [0.15, 0.2) is 0 Å².